The molecule has 0 saturated heterocycles. The number of nitro benzene ring substituents is 1. The number of rotatable bonds is 4. The molecule has 5 heteroatoms. The Morgan fingerprint density at radius 2 is 1.85 bits per heavy atom. The zero-order valence-corrected chi connectivity index (χ0v) is 11.4. The Kier molecular flexibility index (Phi) is 4.00. The molecule has 1 unspecified atom stereocenters. The highest BCUT2D eigenvalue weighted by molar-refractivity contribution is 5.45. The minimum absolute atomic E-state index is 0.0505. The van der Waals surface area contributed by atoms with Crippen molar-refractivity contribution in [3.63, 3.8) is 0 Å². The lowest BCUT2D eigenvalue weighted by Gasteiger charge is -2.15. The van der Waals surface area contributed by atoms with E-state index in [1.54, 1.807) is 13.2 Å². The summed E-state index contributed by atoms with van der Waals surface area (Å²) in [6.07, 6.45) is 0. The van der Waals surface area contributed by atoms with Gasteiger partial charge in [-0.05, 0) is 35.7 Å². The van der Waals surface area contributed by atoms with Crippen LogP contribution in [0.5, 0.6) is 5.75 Å². The Hall–Kier alpha value is -2.40. The maximum absolute atomic E-state index is 10.9. The summed E-state index contributed by atoms with van der Waals surface area (Å²) >= 11 is 0. The van der Waals surface area contributed by atoms with Gasteiger partial charge in [-0.2, -0.15) is 0 Å². The number of nitrogens with zero attached hydrogens (tertiary/aromatic N) is 1. The van der Waals surface area contributed by atoms with Gasteiger partial charge in [-0.15, -0.1) is 0 Å². The van der Waals surface area contributed by atoms with E-state index in [-0.39, 0.29) is 5.69 Å². The summed E-state index contributed by atoms with van der Waals surface area (Å²) in [7, 11) is 1.60. The highest BCUT2D eigenvalue weighted by atomic mass is 16.6. The van der Waals surface area contributed by atoms with Crippen molar-refractivity contribution in [3.05, 3.63) is 69.3 Å². The number of methoxy groups -OCH3 is 1. The molecule has 2 N–H and O–H groups in total. The minimum Gasteiger partial charge on any atom is -0.497 e. The van der Waals surface area contributed by atoms with E-state index in [1.165, 1.54) is 12.1 Å². The van der Waals surface area contributed by atoms with Gasteiger partial charge in [0.1, 0.15) is 5.75 Å². The van der Waals surface area contributed by atoms with Crippen molar-refractivity contribution >= 4 is 5.69 Å². The van der Waals surface area contributed by atoms with Crippen molar-refractivity contribution in [2.24, 2.45) is 5.73 Å². The predicted molar refractivity (Wildman–Crippen MR) is 76.9 cm³/mol. The number of benzene rings is 2. The summed E-state index contributed by atoms with van der Waals surface area (Å²) in [4.78, 5) is 10.4. The van der Waals surface area contributed by atoms with E-state index in [0.29, 0.717) is 0 Å². The van der Waals surface area contributed by atoms with E-state index in [4.69, 9.17) is 10.5 Å². The van der Waals surface area contributed by atoms with Crippen LogP contribution >= 0.6 is 0 Å². The smallest absolute Gasteiger partial charge is 0.269 e. The van der Waals surface area contributed by atoms with Gasteiger partial charge in [0, 0.05) is 12.1 Å². The maximum Gasteiger partial charge on any atom is 0.269 e. The predicted octanol–water partition coefficient (Wildman–Crippen LogP) is 2.96. The SMILES string of the molecule is COc1ccc(C(N)c2cc([N+](=O)[O-])ccc2C)cc1. The molecule has 5 nitrogen and oxygen atoms in total. The second-order valence-electron chi connectivity index (χ2n) is 4.55. The fourth-order valence-corrected chi connectivity index (χ4v) is 2.07. The lowest BCUT2D eigenvalue weighted by molar-refractivity contribution is -0.384. The topological polar surface area (TPSA) is 78.4 Å². The van der Waals surface area contributed by atoms with Gasteiger partial charge in [-0.25, -0.2) is 0 Å². The van der Waals surface area contributed by atoms with Crippen LogP contribution in [0.15, 0.2) is 42.5 Å². The Bertz CT molecular complexity index is 624. The quantitative estimate of drug-likeness (QED) is 0.685. The van der Waals surface area contributed by atoms with Crippen LogP contribution in [0.2, 0.25) is 0 Å². The molecule has 0 aromatic heterocycles. The van der Waals surface area contributed by atoms with Gasteiger partial charge in [0.05, 0.1) is 18.1 Å². The highest BCUT2D eigenvalue weighted by Crippen LogP contribution is 2.27. The fraction of sp³-hybridized carbons (Fsp3) is 0.200. The first-order valence-corrected chi connectivity index (χ1v) is 6.17. The van der Waals surface area contributed by atoms with Gasteiger partial charge in [0.25, 0.3) is 5.69 Å². The lowest BCUT2D eigenvalue weighted by Crippen LogP contribution is -2.13. The molecule has 2 rings (SSSR count). The van der Waals surface area contributed by atoms with Gasteiger partial charge >= 0.3 is 0 Å². The van der Waals surface area contributed by atoms with Crippen molar-refractivity contribution in [1.82, 2.24) is 0 Å². The molecule has 104 valence electrons. The Morgan fingerprint density at radius 3 is 2.40 bits per heavy atom. The number of hydrogen-bond donors (Lipinski definition) is 1. The van der Waals surface area contributed by atoms with Crippen LogP contribution in [0.25, 0.3) is 0 Å². The molecule has 0 aliphatic heterocycles. The van der Waals surface area contributed by atoms with Crippen molar-refractivity contribution < 1.29 is 9.66 Å². The first-order valence-electron chi connectivity index (χ1n) is 6.17. The van der Waals surface area contributed by atoms with Gasteiger partial charge in [-0.3, -0.25) is 10.1 Å². The number of non-ortho nitro benzene ring substituents is 1. The van der Waals surface area contributed by atoms with E-state index < -0.39 is 11.0 Å². The largest absolute Gasteiger partial charge is 0.497 e. The second kappa shape index (κ2) is 5.71. The number of aryl methyl sites for hydroxylation is 1. The molecule has 0 spiro atoms. The molecule has 2 aromatic carbocycles. The Labute approximate surface area is 117 Å². The molecule has 0 radical (unpaired) electrons. The molecule has 0 aliphatic carbocycles. The second-order valence-corrected chi connectivity index (χ2v) is 4.55. The maximum atomic E-state index is 10.9. The fourth-order valence-electron chi connectivity index (χ4n) is 2.07. The van der Waals surface area contributed by atoms with E-state index in [1.807, 2.05) is 31.2 Å². The minimum atomic E-state index is -0.413. The first kappa shape index (κ1) is 14.0. The third kappa shape index (κ3) is 2.78. The van der Waals surface area contributed by atoms with Gasteiger partial charge < -0.3 is 10.5 Å². The third-order valence-electron chi connectivity index (χ3n) is 3.28. The zero-order chi connectivity index (χ0) is 14.7. The summed E-state index contributed by atoms with van der Waals surface area (Å²) in [6.45, 7) is 1.89. The lowest BCUT2D eigenvalue weighted by atomic mass is 9.95. The number of nitrogens with two attached hydrogens (primary N) is 1. The van der Waals surface area contributed by atoms with Crippen LogP contribution in [-0.2, 0) is 0 Å². The highest BCUT2D eigenvalue weighted by Gasteiger charge is 2.15. The first-order chi connectivity index (χ1) is 9.52. The molecule has 20 heavy (non-hydrogen) atoms. The molecule has 0 amide bonds. The number of hydrogen-bond acceptors (Lipinski definition) is 4. The Balaban J connectivity index is 2.38. The standard InChI is InChI=1S/C15H16N2O3/c1-10-3-6-12(17(18)19)9-14(10)15(16)11-4-7-13(20-2)8-5-11/h3-9,15H,16H2,1-2H3. The van der Waals surface area contributed by atoms with Crippen LogP contribution < -0.4 is 10.5 Å². The number of ether oxygens (including phenoxy) is 1. The van der Waals surface area contributed by atoms with E-state index >= 15 is 0 Å². The summed E-state index contributed by atoms with van der Waals surface area (Å²) in [5, 5.41) is 10.9. The zero-order valence-electron chi connectivity index (χ0n) is 11.4. The Morgan fingerprint density at radius 1 is 1.20 bits per heavy atom. The van der Waals surface area contributed by atoms with Crippen LogP contribution in [0.4, 0.5) is 5.69 Å². The van der Waals surface area contributed by atoms with Crippen molar-refractivity contribution in [1.29, 1.82) is 0 Å². The number of nitro groups is 1. The molecular weight excluding hydrogens is 256 g/mol. The van der Waals surface area contributed by atoms with Gasteiger partial charge in [0.2, 0.25) is 0 Å². The van der Waals surface area contributed by atoms with Crippen molar-refractivity contribution in [2.75, 3.05) is 7.11 Å². The van der Waals surface area contributed by atoms with E-state index in [2.05, 4.69) is 0 Å². The van der Waals surface area contributed by atoms with Crippen LogP contribution in [0.1, 0.15) is 22.7 Å². The molecule has 0 aliphatic rings. The average Bonchev–Trinajstić information content (AvgIpc) is 2.47. The summed E-state index contributed by atoms with van der Waals surface area (Å²) in [5.41, 5.74) is 8.83. The molecule has 0 bridgehead atoms. The van der Waals surface area contributed by atoms with Crippen LogP contribution in [0.3, 0.4) is 0 Å². The van der Waals surface area contributed by atoms with Crippen molar-refractivity contribution in [2.45, 2.75) is 13.0 Å². The van der Waals surface area contributed by atoms with Gasteiger partial charge in [0.15, 0.2) is 0 Å². The van der Waals surface area contributed by atoms with E-state index in [9.17, 15) is 10.1 Å². The summed E-state index contributed by atoms with van der Waals surface area (Å²) in [6, 6.07) is 11.7. The monoisotopic (exact) mass is 272 g/mol. The molecule has 0 saturated carbocycles. The van der Waals surface area contributed by atoms with Crippen molar-refractivity contribution in [3.8, 4) is 5.75 Å². The molecule has 1 atom stereocenters. The van der Waals surface area contributed by atoms with Crippen LogP contribution in [0, 0.1) is 17.0 Å². The summed E-state index contributed by atoms with van der Waals surface area (Å²) < 4.78 is 5.10. The molecule has 0 fully saturated rings. The molecular formula is C15H16N2O3. The molecule has 0 heterocycles. The third-order valence-corrected chi connectivity index (χ3v) is 3.28. The van der Waals surface area contributed by atoms with E-state index in [0.717, 1.165) is 22.4 Å². The summed E-state index contributed by atoms with van der Waals surface area (Å²) in [5.74, 6) is 0.747. The van der Waals surface area contributed by atoms with Crippen LogP contribution in [-0.4, -0.2) is 12.0 Å². The normalized spacial score (nSPS) is 11.9. The molecule has 2 aromatic rings. The van der Waals surface area contributed by atoms with Gasteiger partial charge in [-0.1, -0.05) is 18.2 Å². The average molecular weight is 272 g/mol.